The van der Waals surface area contributed by atoms with Gasteiger partial charge in [0.2, 0.25) is 5.91 Å². The van der Waals surface area contributed by atoms with Crippen molar-refractivity contribution in [2.75, 3.05) is 10.6 Å². The molecule has 0 saturated carbocycles. The number of hydrogen-bond acceptors (Lipinski definition) is 4. The largest absolute Gasteiger partial charge is 0.326 e. The molecule has 0 fully saturated rings. The van der Waals surface area contributed by atoms with Crippen LogP contribution >= 0.6 is 11.3 Å². The molecule has 6 heteroatoms. The summed E-state index contributed by atoms with van der Waals surface area (Å²) in [5.41, 5.74) is 2.26. The molecule has 2 N–H and O–H groups in total. The molecule has 0 saturated heterocycles. The number of hydrogen-bond donors (Lipinski definition) is 2. The van der Waals surface area contributed by atoms with Crippen LogP contribution in [0.1, 0.15) is 17.4 Å². The van der Waals surface area contributed by atoms with Crippen molar-refractivity contribution in [1.29, 1.82) is 5.26 Å². The first kappa shape index (κ1) is 16.5. The van der Waals surface area contributed by atoms with Crippen LogP contribution < -0.4 is 10.6 Å². The minimum Gasteiger partial charge on any atom is -0.326 e. The minimum atomic E-state index is -0.465. The molecule has 0 aliphatic carbocycles. The maximum absolute atomic E-state index is 12.2. The van der Waals surface area contributed by atoms with E-state index in [9.17, 15) is 14.9 Å². The zero-order valence-electron chi connectivity index (χ0n) is 12.7. The van der Waals surface area contributed by atoms with Crippen LogP contribution in [0.5, 0.6) is 0 Å². The van der Waals surface area contributed by atoms with E-state index in [1.54, 1.807) is 30.3 Å². The Morgan fingerprint density at radius 2 is 1.74 bits per heavy atom. The first-order chi connectivity index (χ1) is 11.0. The highest BCUT2D eigenvalue weighted by Crippen LogP contribution is 2.20. The number of rotatable bonds is 4. The second-order valence-electron chi connectivity index (χ2n) is 4.85. The molecule has 0 aliphatic heterocycles. The Morgan fingerprint density at radius 3 is 2.22 bits per heavy atom. The highest BCUT2D eigenvalue weighted by atomic mass is 32.1. The quantitative estimate of drug-likeness (QED) is 0.666. The van der Waals surface area contributed by atoms with Crippen molar-refractivity contribution in [1.82, 2.24) is 0 Å². The molecular weight excluding hydrogens is 310 g/mol. The molecule has 2 rings (SSSR count). The average molecular weight is 325 g/mol. The van der Waals surface area contributed by atoms with Gasteiger partial charge in [0.05, 0.1) is 0 Å². The second-order valence-corrected chi connectivity index (χ2v) is 5.80. The average Bonchev–Trinajstić information content (AvgIpc) is 2.91. The van der Waals surface area contributed by atoms with E-state index < -0.39 is 5.91 Å². The molecule has 0 atom stereocenters. The van der Waals surface area contributed by atoms with Gasteiger partial charge >= 0.3 is 0 Å². The number of benzene rings is 1. The lowest BCUT2D eigenvalue weighted by Crippen LogP contribution is -2.13. The van der Waals surface area contributed by atoms with E-state index >= 15 is 0 Å². The van der Waals surface area contributed by atoms with Crippen LogP contribution in [-0.2, 0) is 9.59 Å². The number of amides is 2. The van der Waals surface area contributed by atoms with Crippen molar-refractivity contribution in [3.05, 3.63) is 51.7 Å². The zero-order valence-corrected chi connectivity index (χ0v) is 13.5. The van der Waals surface area contributed by atoms with Gasteiger partial charge in [-0.2, -0.15) is 5.26 Å². The topological polar surface area (TPSA) is 82.0 Å². The van der Waals surface area contributed by atoms with E-state index in [1.807, 2.05) is 24.4 Å². The Bertz CT molecular complexity index is 798. The van der Waals surface area contributed by atoms with Crippen molar-refractivity contribution >= 4 is 40.6 Å². The molecule has 1 heterocycles. The maximum atomic E-state index is 12.2. The van der Waals surface area contributed by atoms with E-state index in [4.69, 9.17) is 0 Å². The Labute approximate surface area is 138 Å². The number of nitriles is 1. The predicted octanol–water partition coefficient (Wildman–Crippen LogP) is 3.56. The lowest BCUT2D eigenvalue weighted by atomic mass is 10.2. The van der Waals surface area contributed by atoms with Crippen molar-refractivity contribution in [3.63, 3.8) is 0 Å². The third kappa shape index (κ3) is 4.53. The number of aryl methyl sites for hydroxylation is 1. The van der Waals surface area contributed by atoms with Crippen LogP contribution in [0.15, 0.2) is 41.3 Å². The maximum Gasteiger partial charge on any atom is 0.266 e. The van der Waals surface area contributed by atoms with Crippen LogP contribution in [0, 0.1) is 18.3 Å². The van der Waals surface area contributed by atoms with Crippen molar-refractivity contribution in [3.8, 4) is 6.07 Å². The Balaban J connectivity index is 2.11. The fraction of sp³-hybridized carbons (Fsp3) is 0.118. The van der Waals surface area contributed by atoms with Gasteiger partial charge in [0.15, 0.2) is 0 Å². The molecular formula is C17H15N3O2S. The van der Waals surface area contributed by atoms with Gasteiger partial charge in [0.25, 0.3) is 5.91 Å². The monoisotopic (exact) mass is 325 g/mol. The van der Waals surface area contributed by atoms with Crippen LogP contribution in [0.4, 0.5) is 11.4 Å². The number of nitrogens with zero attached hydrogens (tertiary/aromatic N) is 1. The molecule has 2 aromatic rings. The summed E-state index contributed by atoms with van der Waals surface area (Å²) in [4.78, 5) is 24.0. The van der Waals surface area contributed by atoms with Gasteiger partial charge < -0.3 is 10.6 Å². The second kappa shape index (κ2) is 7.38. The van der Waals surface area contributed by atoms with Gasteiger partial charge in [0.1, 0.15) is 11.6 Å². The van der Waals surface area contributed by atoms with Crippen LogP contribution in [-0.4, -0.2) is 11.8 Å². The molecule has 1 aromatic heterocycles. The molecule has 0 aliphatic rings. The number of carbonyl (C=O) groups is 2. The molecule has 5 nitrogen and oxygen atoms in total. The molecule has 0 unspecified atom stereocenters. The fourth-order valence-corrected chi connectivity index (χ4v) is 2.71. The Morgan fingerprint density at radius 1 is 1.13 bits per heavy atom. The van der Waals surface area contributed by atoms with E-state index in [0.717, 1.165) is 10.4 Å². The van der Waals surface area contributed by atoms with E-state index in [0.29, 0.717) is 11.4 Å². The molecule has 1 aromatic carbocycles. The molecule has 2 amide bonds. The summed E-state index contributed by atoms with van der Waals surface area (Å²) >= 11 is 1.48. The predicted molar refractivity (Wildman–Crippen MR) is 92.0 cm³/mol. The smallest absolute Gasteiger partial charge is 0.266 e. The third-order valence-corrected chi connectivity index (χ3v) is 3.97. The van der Waals surface area contributed by atoms with Gasteiger partial charge in [-0.05, 0) is 54.3 Å². The Hall–Kier alpha value is -2.91. The summed E-state index contributed by atoms with van der Waals surface area (Å²) in [7, 11) is 0. The normalized spacial score (nSPS) is 10.7. The fourth-order valence-electron chi connectivity index (χ4n) is 1.85. The van der Waals surface area contributed by atoms with Gasteiger partial charge in [-0.3, -0.25) is 9.59 Å². The molecule has 116 valence electrons. The number of anilines is 2. The van der Waals surface area contributed by atoms with Crippen molar-refractivity contribution < 1.29 is 9.59 Å². The Kier molecular flexibility index (Phi) is 5.28. The highest BCUT2D eigenvalue weighted by Gasteiger charge is 2.10. The van der Waals surface area contributed by atoms with Crippen LogP contribution in [0.3, 0.4) is 0 Å². The number of carbonyl (C=O) groups excluding carboxylic acids is 2. The van der Waals surface area contributed by atoms with Gasteiger partial charge in [-0.1, -0.05) is 0 Å². The first-order valence-corrected chi connectivity index (χ1v) is 7.72. The molecule has 0 spiro atoms. The third-order valence-electron chi connectivity index (χ3n) is 3.01. The lowest BCUT2D eigenvalue weighted by molar-refractivity contribution is -0.114. The summed E-state index contributed by atoms with van der Waals surface area (Å²) < 4.78 is 0. The molecule has 0 radical (unpaired) electrons. The first-order valence-electron chi connectivity index (χ1n) is 6.84. The van der Waals surface area contributed by atoms with Crippen LogP contribution in [0.25, 0.3) is 6.08 Å². The minimum absolute atomic E-state index is 0.0430. The standard InChI is InChI=1S/C17H15N3O2S/c1-11-7-8-23-16(11)9-13(10-18)17(22)20-15-5-3-14(4-6-15)19-12(2)21/h3-9H,1-2H3,(H,19,21)(H,20,22)/b13-9+. The summed E-state index contributed by atoms with van der Waals surface area (Å²) in [6.45, 7) is 3.35. The molecule has 23 heavy (non-hydrogen) atoms. The summed E-state index contributed by atoms with van der Waals surface area (Å²) in [6.07, 6.45) is 1.58. The van der Waals surface area contributed by atoms with Crippen molar-refractivity contribution in [2.24, 2.45) is 0 Å². The summed E-state index contributed by atoms with van der Waals surface area (Å²) in [5, 5.41) is 16.4. The molecule has 0 bridgehead atoms. The van der Waals surface area contributed by atoms with E-state index in [1.165, 1.54) is 18.3 Å². The number of nitrogens with one attached hydrogen (secondary N) is 2. The number of thiophene rings is 1. The lowest BCUT2D eigenvalue weighted by Gasteiger charge is -2.06. The zero-order chi connectivity index (χ0) is 16.8. The van der Waals surface area contributed by atoms with Crippen LogP contribution in [0.2, 0.25) is 0 Å². The van der Waals surface area contributed by atoms with Crippen molar-refractivity contribution in [2.45, 2.75) is 13.8 Å². The SMILES string of the molecule is CC(=O)Nc1ccc(NC(=O)/C(C#N)=C/c2sccc2C)cc1. The summed E-state index contributed by atoms with van der Waals surface area (Å²) in [6, 6.07) is 10.5. The van der Waals surface area contributed by atoms with E-state index in [-0.39, 0.29) is 11.5 Å². The van der Waals surface area contributed by atoms with Gasteiger partial charge in [0, 0.05) is 23.2 Å². The highest BCUT2D eigenvalue weighted by molar-refractivity contribution is 7.11. The van der Waals surface area contributed by atoms with E-state index in [2.05, 4.69) is 10.6 Å². The summed E-state index contributed by atoms with van der Waals surface area (Å²) in [5.74, 6) is -0.629. The van der Waals surface area contributed by atoms with Gasteiger partial charge in [-0.25, -0.2) is 0 Å². The van der Waals surface area contributed by atoms with Gasteiger partial charge in [-0.15, -0.1) is 11.3 Å².